The summed E-state index contributed by atoms with van der Waals surface area (Å²) >= 11 is 0. The van der Waals surface area contributed by atoms with Crippen molar-refractivity contribution in [1.82, 2.24) is 34.2 Å². The van der Waals surface area contributed by atoms with E-state index in [9.17, 15) is 9.59 Å². The van der Waals surface area contributed by atoms with Crippen molar-refractivity contribution in [1.29, 1.82) is 0 Å². The molecule has 10 nitrogen and oxygen atoms in total. The van der Waals surface area contributed by atoms with Crippen LogP contribution in [-0.4, -0.2) is 47.9 Å². The molecule has 1 aliphatic heterocycles. The van der Waals surface area contributed by atoms with Gasteiger partial charge < -0.3 is 10.2 Å². The van der Waals surface area contributed by atoms with Crippen LogP contribution >= 0.6 is 0 Å². The molecule has 4 aromatic rings. The number of imidazole rings is 1. The summed E-state index contributed by atoms with van der Waals surface area (Å²) < 4.78 is 4.37. The van der Waals surface area contributed by atoms with Crippen molar-refractivity contribution in [3.05, 3.63) is 47.3 Å². The molecule has 1 atom stereocenters. The van der Waals surface area contributed by atoms with Crippen molar-refractivity contribution >= 4 is 22.6 Å². The van der Waals surface area contributed by atoms with E-state index in [4.69, 9.17) is 9.82 Å². The van der Waals surface area contributed by atoms with Gasteiger partial charge in [0.15, 0.2) is 11.5 Å². The molecular formula is C20H21N7O3. The first-order valence-electron chi connectivity index (χ1n) is 10.0. The van der Waals surface area contributed by atoms with Crippen molar-refractivity contribution in [3.63, 3.8) is 0 Å². The summed E-state index contributed by atoms with van der Waals surface area (Å²) in [7, 11) is 0. The quantitative estimate of drug-likeness (QED) is 0.541. The number of carbonyl (C=O) groups is 1. The molecule has 0 aromatic carbocycles. The van der Waals surface area contributed by atoms with E-state index in [0.717, 1.165) is 35.2 Å². The van der Waals surface area contributed by atoms with E-state index in [2.05, 4.69) is 15.4 Å². The van der Waals surface area contributed by atoms with Gasteiger partial charge in [0, 0.05) is 19.2 Å². The predicted molar refractivity (Wildman–Crippen MR) is 109 cm³/mol. The molecule has 5 rings (SSSR count). The zero-order valence-electron chi connectivity index (χ0n) is 16.5. The molecule has 0 spiro atoms. The highest BCUT2D eigenvalue weighted by Crippen LogP contribution is 2.25. The van der Waals surface area contributed by atoms with Gasteiger partial charge in [-0.05, 0) is 31.5 Å². The number of hydrogen-bond donors (Lipinski definition) is 1. The normalized spacial score (nSPS) is 16.9. The molecule has 4 aromatic heterocycles. The molecule has 5 heterocycles. The molecule has 0 amide bonds. The number of hydrogen-bond acceptors (Lipinski definition) is 7. The number of nitrogens with one attached hydrogen (secondary N) is 1. The highest BCUT2D eigenvalue weighted by atomic mass is 16.7. The Kier molecular flexibility index (Phi) is 4.55. The number of fused-ring (bicyclic) bond motifs is 2. The molecule has 0 bridgehead atoms. The average molecular weight is 407 g/mol. The standard InChI is InChI=1S/C20H21N7O3/c1-2-17(28)30-27-16-12-22-18(14-11-23-25-9-4-3-7-15(14)25)24-19(16)26(20(27)29)13-6-5-8-21-10-13/h3-4,7,9,11-13,21H,2,5-6,8,10H2,1H3/t13-/m0/s1. The summed E-state index contributed by atoms with van der Waals surface area (Å²) in [5, 5.41) is 7.66. The summed E-state index contributed by atoms with van der Waals surface area (Å²) in [5.74, 6) is -0.0372. The van der Waals surface area contributed by atoms with Crippen molar-refractivity contribution in [2.45, 2.75) is 32.2 Å². The van der Waals surface area contributed by atoms with Gasteiger partial charge in [-0.25, -0.2) is 24.1 Å². The van der Waals surface area contributed by atoms with Gasteiger partial charge in [0.2, 0.25) is 0 Å². The Balaban J connectivity index is 1.71. The van der Waals surface area contributed by atoms with Crippen LogP contribution in [-0.2, 0) is 4.79 Å². The van der Waals surface area contributed by atoms with Gasteiger partial charge in [-0.3, -0.25) is 4.57 Å². The molecule has 1 fully saturated rings. The smallest absolute Gasteiger partial charge is 0.331 e. The topological polar surface area (TPSA) is 108 Å². The van der Waals surface area contributed by atoms with Gasteiger partial charge >= 0.3 is 11.7 Å². The van der Waals surface area contributed by atoms with E-state index in [0.29, 0.717) is 23.5 Å². The van der Waals surface area contributed by atoms with E-state index >= 15 is 0 Å². The van der Waals surface area contributed by atoms with Gasteiger partial charge in [-0.15, -0.1) is 4.73 Å². The third-order valence-corrected chi connectivity index (χ3v) is 5.36. The largest absolute Gasteiger partial charge is 0.364 e. The Morgan fingerprint density at radius 1 is 1.30 bits per heavy atom. The Morgan fingerprint density at radius 2 is 2.20 bits per heavy atom. The Morgan fingerprint density at radius 3 is 3.00 bits per heavy atom. The Bertz CT molecular complexity index is 1300. The number of pyridine rings is 1. The third-order valence-electron chi connectivity index (χ3n) is 5.36. The lowest BCUT2D eigenvalue weighted by Gasteiger charge is -2.23. The van der Waals surface area contributed by atoms with Crippen LogP contribution in [0.1, 0.15) is 32.2 Å². The molecular weight excluding hydrogens is 386 g/mol. The first kappa shape index (κ1) is 18.5. The summed E-state index contributed by atoms with van der Waals surface area (Å²) in [4.78, 5) is 39.6. The lowest BCUT2D eigenvalue weighted by atomic mass is 10.1. The zero-order chi connectivity index (χ0) is 20.7. The monoisotopic (exact) mass is 407 g/mol. The molecule has 1 N–H and O–H groups in total. The number of carbonyl (C=O) groups excluding carboxylic acids is 1. The van der Waals surface area contributed by atoms with Crippen LogP contribution in [0.4, 0.5) is 0 Å². The van der Waals surface area contributed by atoms with Crippen LogP contribution in [0.2, 0.25) is 0 Å². The summed E-state index contributed by atoms with van der Waals surface area (Å²) in [5.41, 5.74) is 2.01. The van der Waals surface area contributed by atoms with Gasteiger partial charge in [0.25, 0.3) is 0 Å². The number of aromatic nitrogens is 6. The number of nitrogens with zero attached hydrogens (tertiary/aromatic N) is 6. The van der Waals surface area contributed by atoms with Crippen LogP contribution in [0.15, 0.2) is 41.6 Å². The minimum Gasteiger partial charge on any atom is -0.331 e. The SMILES string of the molecule is CCC(=O)On1c(=O)n([C@H]2CCCNC2)c2nc(-c3cnn4ccccc34)ncc21. The first-order valence-corrected chi connectivity index (χ1v) is 10.0. The van der Waals surface area contributed by atoms with E-state index in [1.165, 1.54) is 6.20 Å². The van der Waals surface area contributed by atoms with Gasteiger partial charge in [0.1, 0.15) is 5.52 Å². The Labute approximate surface area is 171 Å². The summed E-state index contributed by atoms with van der Waals surface area (Å²) in [6, 6.07) is 5.66. The van der Waals surface area contributed by atoms with E-state index in [-0.39, 0.29) is 12.5 Å². The van der Waals surface area contributed by atoms with Gasteiger partial charge in [-0.1, -0.05) is 13.0 Å². The maximum absolute atomic E-state index is 13.2. The van der Waals surface area contributed by atoms with Gasteiger partial charge in [0.05, 0.1) is 29.5 Å². The number of rotatable bonds is 4. The summed E-state index contributed by atoms with van der Waals surface area (Å²) in [6.45, 7) is 3.24. The molecule has 154 valence electrons. The highest BCUT2D eigenvalue weighted by Gasteiger charge is 2.26. The molecule has 10 heteroatoms. The van der Waals surface area contributed by atoms with Crippen molar-refractivity contribution in [2.24, 2.45) is 0 Å². The maximum atomic E-state index is 13.2. The molecule has 0 aliphatic carbocycles. The lowest BCUT2D eigenvalue weighted by Crippen LogP contribution is -2.38. The molecule has 1 aliphatic rings. The maximum Gasteiger partial charge on any atom is 0.364 e. The molecule has 30 heavy (non-hydrogen) atoms. The van der Waals surface area contributed by atoms with E-state index in [1.807, 2.05) is 24.4 Å². The molecule has 0 saturated carbocycles. The van der Waals surface area contributed by atoms with E-state index < -0.39 is 11.7 Å². The van der Waals surface area contributed by atoms with Crippen molar-refractivity contribution in [3.8, 4) is 11.4 Å². The second kappa shape index (κ2) is 7.38. The predicted octanol–water partition coefficient (Wildman–Crippen LogP) is 1.20. The minimum absolute atomic E-state index is 0.0815. The minimum atomic E-state index is -0.496. The van der Waals surface area contributed by atoms with Crippen LogP contribution in [0.3, 0.4) is 0 Å². The first-order chi connectivity index (χ1) is 14.7. The second-order valence-electron chi connectivity index (χ2n) is 7.26. The zero-order valence-corrected chi connectivity index (χ0v) is 16.5. The molecule has 0 unspecified atom stereocenters. The fourth-order valence-corrected chi connectivity index (χ4v) is 3.85. The van der Waals surface area contributed by atoms with Crippen LogP contribution in [0.5, 0.6) is 0 Å². The molecule has 0 radical (unpaired) electrons. The van der Waals surface area contributed by atoms with Crippen molar-refractivity contribution < 1.29 is 9.63 Å². The third kappa shape index (κ3) is 2.96. The van der Waals surface area contributed by atoms with Crippen LogP contribution < -0.4 is 15.8 Å². The van der Waals surface area contributed by atoms with Crippen LogP contribution in [0.25, 0.3) is 28.1 Å². The second-order valence-corrected chi connectivity index (χ2v) is 7.26. The van der Waals surface area contributed by atoms with Crippen molar-refractivity contribution in [2.75, 3.05) is 13.1 Å². The Hall–Kier alpha value is -3.53. The fourth-order valence-electron chi connectivity index (χ4n) is 3.85. The van der Waals surface area contributed by atoms with Crippen LogP contribution in [0, 0.1) is 0 Å². The molecule has 1 saturated heterocycles. The van der Waals surface area contributed by atoms with Gasteiger partial charge in [-0.2, -0.15) is 5.10 Å². The average Bonchev–Trinajstić information content (AvgIpc) is 3.33. The number of piperidine rings is 1. The highest BCUT2D eigenvalue weighted by molar-refractivity contribution is 5.80. The lowest BCUT2D eigenvalue weighted by molar-refractivity contribution is -0.143. The van der Waals surface area contributed by atoms with E-state index in [1.54, 1.807) is 22.2 Å². The fraction of sp³-hybridized carbons (Fsp3) is 0.350. The summed E-state index contributed by atoms with van der Waals surface area (Å²) in [6.07, 6.45) is 7.03.